The van der Waals surface area contributed by atoms with E-state index in [1.54, 1.807) is 0 Å². The van der Waals surface area contributed by atoms with Gasteiger partial charge in [-0.05, 0) is 38.8 Å². The molecule has 20 heavy (non-hydrogen) atoms. The van der Waals surface area contributed by atoms with E-state index >= 15 is 0 Å². The minimum absolute atomic E-state index is 0.315. The number of carbonyl (C=O) groups excluding carboxylic acids is 1. The van der Waals surface area contributed by atoms with Crippen LogP contribution in [0.2, 0.25) is 0 Å². The number of carbonyl (C=O) groups is 1. The molecular weight excluding hydrogens is 254 g/mol. The average molecular weight is 275 g/mol. The molecule has 0 spiro atoms. The number of hydroxylamine groups is 1. The van der Waals surface area contributed by atoms with Crippen LogP contribution < -0.4 is 11.2 Å². The average Bonchev–Trinajstić information content (AvgIpc) is 2.78. The van der Waals surface area contributed by atoms with Crippen LogP contribution in [-0.2, 0) is 16.1 Å². The molecule has 1 atom stereocenters. The lowest BCUT2D eigenvalue weighted by atomic mass is 10.1. The SMILES string of the molecule is CC(C)(C)ONC(=O)C(N)Cc1c[nH]c2ccccc12. The van der Waals surface area contributed by atoms with Crippen LogP contribution in [0.25, 0.3) is 10.9 Å². The molecule has 0 aliphatic heterocycles. The first-order valence-electron chi connectivity index (χ1n) is 6.65. The third-order valence-corrected chi connectivity index (χ3v) is 2.91. The maximum atomic E-state index is 11.9. The van der Waals surface area contributed by atoms with Crippen LogP contribution in [0.15, 0.2) is 30.5 Å². The number of aromatic nitrogens is 1. The zero-order valence-electron chi connectivity index (χ0n) is 12.1. The van der Waals surface area contributed by atoms with Crippen LogP contribution in [-0.4, -0.2) is 22.5 Å². The number of aromatic amines is 1. The van der Waals surface area contributed by atoms with Gasteiger partial charge in [0.1, 0.15) is 0 Å². The summed E-state index contributed by atoms with van der Waals surface area (Å²) in [6, 6.07) is 7.29. The maximum absolute atomic E-state index is 11.9. The largest absolute Gasteiger partial charge is 0.361 e. The van der Waals surface area contributed by atoms with E-state index in [1.807, 2.05) is 51.2 Å². The fraction of sp³-hybridized carbons (Fsp3) is 0.400. The van der Waals surface area contributed by atoms with Crippen molar-refractivity contribution in [2.24, 2.45) is 5.73 Å². The van der Waals surface area contributed by atoms with E-state index in [0.29, 0.717) is 6.42 Å². The van der Waals surface area contributed by atoms with E-state index in [9.17, 15) is 4.79 Å². The van der Waals surface area contributed by atoms with Crippen molar-refractivity contribution in [3.8, 4) is 0 Å². The summed E-state index contributed by atoms with van der Waals surface area (Å²) in [4.78, 5) is 20.3. The summed E-state index contributed by atoms with van der Waals surface area (Å²) in [5.74, 6) is -0.315. The molecule has 1 unspecified atom stereocenters. The Morgan fingerprint density at radius 3 is 2.80 bits per heavy atom. The highest BCUT2D eigenvalue weighted by atomic mass is 16.7. The molecule has 0 aliphatic rings. The van der Waals surface area contributed by atoms with Crippen LogP contribution in [0.3, 0.4) is 0 Å². The van der Waals surface area contributed by atoms with Gasteiger partial charge in [-0.1, -0.05) is 18.2 Å². The Morgan fingerprint density at radius 1 is 1.40 bits per heavy atom. The van der Waals surface area contributed by atoms with Gasteiger partial charge in [-0.15, -0.1) is 0 Å². The summed E-state index contributed by atoms with van der Waals surface area (Å²) in [6.07, 6.45) is 2.35. The molecule has 4 N–H and O–H groups in total. The van der Waals surface area contributed by atoms with Gasteiger partial charge in [-0.3, -0.25) is 9.63 Å². The van der Waals surface area contributed by atoms with Crippen molar-refractivity contribution >= 4 is 16.8 Å². The number of nitrogens with one attached hydrogen (secondary N) is 2. The summed E-state index contributed by atoms with van der Waals surface area (Å²) < 4.78 is 0. The molecule has 1 amide bonds. The van der Waals surface area contributed by atoms with Gasteiger partial charge < -0.3 is 10.7 Å². The summed E-state index contributed by atoms with van der Waals surface area (Å²) >= 11 is 0. The molecular formula is C15H21N3O2. The topological polar surface area (TPSA) is 80.1 Å². The van der Waals surface area contributed by atoms with Crippen LogP contribution in [0.1, 0.15) is 26.3 Å². The molecule has 0 saturated heterocycles. The Kier molecular flexibility index (Phi) is 4.11. The minimum Gasteiger partial charge on any atom is -0.361 e. The third kappa shape index (κ3) is 3.59. The van der Waals surface area contributed by atoms with Crippen molar-refractivity contribution in [2.45, 2.75) is 38.8 Å². The number of para-hydroxylation sites is 1. The fourth-order valence-corrected chi connectivity index (χ4v) is 1.91. The van der Waals surface area contributed by atoms with Crippen molar-refractivity contribution in [1.82, 2.24) is 10.5 Å². The van der Waals surface area contributed by atoms with E-state index in [-0.39, 0.29) is 5.91 Å². The second kappa shape index (κ2) is 5.64. The second-order valence-electron chi connectivity index (χ2n) is 5.85. The molecule has 1 heterocycles. The van der Waals surface area contributed by atoms with Gasteiger partial charge in [-0.25, -0.2) is 5.48 Å². The first-order valence-corrected chi connectivity index (χ1v) is 6.65. The molecule has 0 bridgehead atoms. The third-order valence-electron chi connectivity index (χ3n) is 2.91. The Bertz CT molecular complexity index is 598. The molecule has 108 valence electrons. The lowest BCUT2D eigenvalue weighted by Crippen LogP contribution is -2.44. The van der Waals surface area contributed by atoms with Gasteiger partial charge in [-0.2, -0.15) is 0 Å². The van der Waals surface area contributed by atoms with Crippen molar-refractivity contribution in [3.63, 3.8) is 0 Å². The normalized spacial score (nSPS) is 13.4. The van der Waals surface area contributed by atoms with Crippen molar-refractivity contribution in [2.75, 3.05) is 0 Å². The van der Waals surface area contributed by atoms with Gasteiger partial charge >= 0.3 is 0 Å². The lowest BCUT2D eigenvalue weighted by Gasteiger charge is -2.20. The van der Waals surface area contributed by atoms with E-state index in [4.69, 9.17) is 10.6 Å². The van der Waals surface area contributed by atoms with E-state index in [1.165, 1.54) is 0 Å². The fourth-order valence-electron chi connectivity index (χ4n) is 1.91. The van der Waals surface area contributed by atoms with Crippen molar-refractivity contribution in [3.05, 3.63) is 36.0 Å². The summed E-state index contributed by atoms with van der Waals surface area (Å²) in [7, 11) is 0. The highest BCUT2D eigenvalue weighted by Gasteiger charge is 2.19. The quantitative estimate of drug-likeness (QED) is 0.745. The molecule has 5 nitrogen and oxygen atoms in total. The standard InChI is InChI=1S/C15H21N3O2/c1-15(2,3)20-18-14(19)12(16)8-10-9-17-13-7-5-4-6-11(10)13/h4-7,9,12,17H,8,16H2,1-3H3,(H,18,19). The number of fused-ring (bicyclic) bond motifs is 1. The Morgan fingerprint density at radius 2 is 2.10 bits per heavy atom. The predicted octanol–water partition coefficient (Wildman–Crippen LogP) is 1.88. The molecule has 2 rings (SSSR count). The smallest absolute Gasteiger partial charge is 0.260 e. The summed E-state index contributed by atoms with van der Waals surface area (Å²) in [5, 5.41) is 1.09. The minimum atomic E-state index is -0.642. The highest BCUT2D eigenvalue weighted by Crippen LogP contribution is 2.18. The Labute approximate surface area is 118 Å². The lowest BCUT2D eigenvalue weighted by molar-refractivity contribution is -0.146. The van der Waals surface area contributed by atoms with E-state index < -0.39 is 11.6 Å². The van der Waals surface area contributed by atoms with Gasteiger partial charge in [0, 0.05) is 17.1 Å². The highest BCUT2D eigenvalue weighted by molar-refractivity contribution is 5.85. The summed E-state index contributed by atoms with van der Waals surface area (Å²) in [6.45, 7) is 5.58. The number of hydrogen-bond acceptors (Lipinski definition) is 3. The molecule has 1 aromatic heterocycles. The Hall–Kier alpha value is -1.85. The number of nitrogens with two attached hydrogens (primary N) is 1. The van der Waals surface area contributed by atoms with Crippen LogP contribution >= 0.6 is 0 Å². The van der Waals surface area contributed by atoms with Crippen molar-refractivity contribution < 1.29 is 9.63 Å². The van der Waals surface area contributed by atoms with Crippen LogP contribution in [0.5, 0.6) is 0 Å². The Balaban J connectivity index is 2.00. The van der Waals surface area contributed by atoms with Crippen molar-refractivity contribution in [1.29, 1.82) is 0 Å². The maximum Gasteiger partial charge on any atom is 0.260 e. The molecule has 2 aromatic rings. The van der Waals surface area contributed by atoms with E-state index in [2.05, 4.69) is 10.5 Å². The van der Waals surface area contributed by atoms with E-state index in [0.717, 1.165) is 16.5 Å². The molecule has 5 heteroatoms. The van der Waals surface area contributed by atoms with Crippen LogP contribution in [0.4, 0.5) is 0 Å². The first kappa shape index (κ1) is 14.6. The number of H-pyrrole nitrogens is 1. The first-order chi connectivity index (χ1) is 9.37. The zero-order valence-corrected chi connectivity index (χ0v) is 12.1. The number of amides is 1. The van der Waals surface area contributed by atoms with Gasteiger partial charge in [0.2, 0.25) is 0 Å². The molecule has 0 fully saturated rings. The van der Waals surface area contributed by atoms with Crippen LogP contribution in [0, 0.1) is 0 Å². The van der Waals surface area contributed by atoms with Gasteiger partial charge in [0.05, 0.1) is 11.6 Å². The number of benzene rings is 1. The summed E-state index contributed by atoms with van der Waals surface area (Å²) in [5.41, 5.74) is 9.97. The molecule has 0 saturated carbocycles. The molecule has 0 radical (unpaired) electrons. The monoisotopic (exact) mass is 275 g/mol. The molecule has 1 aromatic carbocycles. The molecule has 0 aliphatic carbocycles. The number of rotatable bonds is 4. The van der Waals surface area contributed by atoms with Gasteiger partial charge in [0.15, 0.2) is 0 Å². The van der Waals surface area contributed by atoms with Gasteiger partial charge in [0.25, 0.3) is 5.91 Å². The predicted molar refractivity (Wildman–Crippen MR) is 79.0 cm³/mol. The number of hydrogen-bond donors (Lipinski definition) is 3. The second-order valence-corrected chi connectivity index (χ2v) is 5.85. The zero-order chi connectivity index (χ0) is 14.8.